The number of hydrogen-bond donors (Lipinski definition) is 1. The number of ether oxygens (including phenoxy) is 2. The average Bonchev–Trinajstić information content (AvgIpc) is 2.86. The standard InChI is InChI=1S/C26H33N3O5/c1-18(2)14-23(30)27-24(19-8-6-5-7-9-19)26(32)29-12-10-28(11-13-29)25(31)20-15-21(33-3)17-22(16-20)34-4/h5-9,15-18,24H,10-14H2,1-4H3,(H,27,30). The minimum Gasteiger partial charge on any atom is -0.497 e. The van der Waals surface area contributed by atoms with E-state index in [4.69, 9.17) is 9.47 Å². The minimum absolute atomic E-state index is 0.144. The van der Waals surface area contributed by atoms with E-state index in [-0.39, 0.29) is 23.6 Å². The van der Waals surface area contributed by atoms with E-state index < -0.39 is 6.04 Å². The van der Waals surface area contributed by atoms with Gasteiger partial charge in [0, 0.05) is 44.2 Å². The summed E-state index contributed by atoms with van der Waals surface area (Å²) in [5.74, 6) is 0.806. The van der Waals surface area contributed by atoms with Crippen molar-refractivity contribution >= 4 is 17.7 Å². The molecular weight excluding hydrogens is 434 g/mol. The van der Waals surface area contributed by atoms with Gasteiger partial charge in [-0.25, -0.2) is 0 Å². The third-order valence-corrected chi connectivity index (χ3v) is 5.76. The molecule has 1 unspecified atom stereocenters. The second kappa shape index (κ2) is 11.5. The van der Waals surface area contributed by atoms with Crippen LogP contribution in [0.4, 0.5) is 0 Å². The number of nitrogens with one attached hydrogen (secondary N) is 1. The maximum Gasteiger partial charge on any atom is 0.254 e. The first-order valence-corrected chi connectivity index (χ1v) is 11.5. The van der Waals surface area contributed by atoms with Crippen molar-refractivity contribution in [1.29, 1.82) is 0 Å². The lowest BCUT2D eigenvalue weighted by Crippen LogP contribution is -2.53. The zero-order chi connectivity index (χ0) is 24.7. The summed E-state index contributed by atoms with van der Waals surface area (Å²) in [6.45, 7) is 5.49. The first-order valence-electron chi connectivity index (χ1n) is 11.5. The number of hydrogen-bond acceptors (Lipinski definition) is 5. The number of nitrogens with zero attached hydrogens (tertiary/aromatic N) is 2. The Labute approximate surface area is 200 Å². The van der Waals surface area contributed by atoms with Gasteiger partial charge in [0.05, 0.1) is 14.2 Å². The molecule has 0 spiro atoms. The number of methoxy groups -OCH3 is 2. The highest BCUT2D eigenvalue weighted by Gasteiger charge is 2.31. The van der Waals surface area contributed by atoms with Crippen LogP contribution in [0.15, 0.2) is 48.5 Å². The zero-order valence-corrected chi connectivity index (χ0v) is 20.2. The molecule has 1 saturated heterocycles. The van der Waals surface area contributed by atoms with Crippen LogP contribution in [-0.2, 0) is 9.59 Å². The van der Waals surface area contributed by atoms with Crippen molar-refractivity contribution < 1.29 is 23.9 Å². The molecule has 0 saturated carbocycles. The molecule has 0 aliphatic carbocycles. The van der Waals surface area contributed by atoms with Crippen molar-refractivity contribution in [2.24, 2.45) is 5.92 Å². The summed E-state index contributed by atoms with van der Waals surface area (Å²) in [6.07, 6.45) is 0.350. The number of rotatable bonds is 8. The SMILES string of the molecule is COc1cc(OC)cc(C(=O)N2CCN(C(=O)C(NC(=O)CC(C)C)c3ccccc3)CC2)c1. The Kier molecular flexibility index (Phi) is 8.51. The first-order chi connectivity index (χ1) is 16.3. The van der Waals surface area contributed by atoms with E-state index in [2.05, 4.69) is 5.32 Å². The Bertz CT molecular complexity index is 979. The highest BCUT2D eigenvalue weighted by atomic mass is 16.5. The highest BCUT2D eigenvalue weighted by molar-refractivity contribution is 5.95. The molecule has 3 amide bonds. The van der Waals surface area contributed by atoms with E-state index >= 15 is 0 Å². The number of amides is 3. The lowest BCUT2D eigenvalue weighted by atomic mass is 10.0. The summed E-state index contributed by atoms with van der Waals surface area (Å²) in [4.78, 5) is 42.4. The number of carbonyl (C=O) groups excluding carboxylic acids is 3. The molecule has 1 aliphatic rings. The molecule has 0 bridgehead atoms. The van der Waals surface area contributed by atoms with Crippen LogP contribution in [0.2, 0.25) is 0 Å². The summed E-state index contributed by atoms with van der Waals surface area (Å²) in [5, 5.41) is 2.91. The minimum atomic E-state index is -0.752. The maximum absolute atomic E-state index is 13.4. The van der Waals surface area contributed by atoms with Crippen LogP contribution in [0, 0.1) is 5.92 Å². The van der Waals surface area contributed by atoms with E-state index in [0.29, 0.717) is 49.7 Å². The lowest BCUT2D eigenvalue weighted by Gasteiger charge is -2.36. The predicted molar refractivity (Wildman–Crippen MR) is 129 cm³/mol. The average molecular weight is 468 g/mol. The Morgan fingerprint density at radius 2 is 1.44 bits per heavy atom. The molecule has 3 rings (SSSR count). The van der Waals surface area contributed by atoms with Crippen LogP contribution in [0.3, 0.4) is 0 Å². The van der Waals surface area contributed by atoms with E-state index in [1.807, 2.05) is 44.2 Å². The molecule has 8 heteroatoms. The van der Waals surface area contributed by atoms with Crippen molar-refractivity contribution in [3.63, 3.8) is 0 Å². The number of carbonyl (C=O) groups is 3. The quantitative estimate of drug-likeness (QED) is 0.645. The van der Waals surface area contributed by atoms with Crippen molar-refractivity contribution in [3.05, 3.63) is 59.7 Å². The highest BCUT2D eigenvalue weighted by Crippen LogP contribution is 2.24. The predicted octanol–water partition coefficient (Wildman–Crippen LogP) is 2.89. The topological polar surface area (TPSA) is 88.2 Å². The molecule has 34 heavy (non-hydrogen) atoms. The molecule has 1 N–H and O–H groups in total. The van der Waals surface area contributed by atoms with Gasteiger partial charge < -0.3 is 24.6 Å². The lowest BCUT2D eigenvalue weighted by molar-refractivity contribution is -0.138. The Morgan fingerprint density at radius 1 is 0.882 bits per heavy atom. The van der Waals surface area contributed by atoms with E-state index in [1.54, 1.807) is 28.0 Å². The van der Waals surface area contributed by atoms with Crippen LogP contribution >= 0.6 is 0 Å². The number of benzene rings is 2. The maximum atomic E-state index is 13.4. The monoisotopic (exact) mass is 467 g/mol. The summed E-state index contributed by atoms with van der Waals surface area (Å²) in [5.41, 5.74) is 1.21. The summed E-state index contributed by atoms with van der Waals surface area (Å²) in [7, 11) is 3.08. The third kappa shape index (κ3) is 6.27. The van der Waals surface area contributed by atoms with Crippen molar-refractivity contribution in [1.82, 2.24) is 15.1 Å². The molecule has 1 heterocycles. The van der Waals surface area contributed by atoms with Crippen LogP contribution in [0.1, 0.15) is 42.2 Å². The molecule has 1 atom stereocenters. The van der Waals surface area contributed by atoms with Gasteiger partial charge >= 0.3 is 0 Å². The van der Waals surface area contributed by atoms with Gasteiger partial charge in [0.15, 0.2) is 0 Å². The smallest absolute Gasteiger partial charge is 0.254 e. The third-order valence-electron chi connectivity index (χ3n) is 5.76. The fourth-order valence-electron chi connectivity index (χ4n) is 3.95. The van der Waals surface area contributed by atoms with E-state index in [9.17, 15) is 14.4 Å². The molecule has 1 fully saturated rings. The molecule has 182 valence electrons. The Balaban J connectivity index is 1.69. The Hall–Kier alpha value is -3.55. The van der Waals surface area contributed by atoms with Crippen LogP contribution in [0.5, 0.6) is 11.5 Å². The second-order valence-corrected chi connectivity index (χ2v) is 8.73. The van der Waals surface area contributed by atoms with Crippen molar-refractivity contribution in [2.45, 2.75) is 26.3 Å². The fourth-order valence-corrected chi connectivity index (χ4v) is 3.95. The molecule has 1 aliphatic heterocycles. The van der Waals surface area contributed by atoms with Crippen molar-refractivity contribution in [3.8, 4) is 11.5 Å². The van der Waals surface area contributed by atoms with Crippen LogP contribution in [0.25, 0.3) is 0 Å². The summed E-state index contributed by atoms with van der Waals surface area (Å²) >= 11 is 0. The summed E-state index contributed by atoms with van der Waals surface area (Å²) < 4.78 is 10.5. The van der Waals surface area contributed by atoms with E-state index in [0.717, 1.165) is 5.56 Å². The summed E-state index contributed by atoms with van der Waals surface area (Å²) in [6, 6.07) is 13.6. The Morgan fingerprint density at radius 3 is 1.97 bits per heavy atom. The van der Waals surface area contributed by atoms with Gasteiger partial charge in [0.1, 0.15) is 17.5 Å². The van der Waals surface area contributed by atoms with Crippen LogP contribution < -0.4 is 14.8 Å². The largest absolute Gasteiger partial charge is 0.497 e. The molecular formula is C26H33N3O5. The molecule has 2 aromatic carbocycles. The first kappa shape index (κ1) is 25.1. The van der Waals surface area contributed by atoms with Gasteiger partial charge in [-0.05, 0) is 23.6 Å². The van der Waals surface area contributed by atoms with Crippen molar-refractivity contribution in [2.75, 3.05) is 40.4 Å². The van der Waals surface area contributed by atoms with Gasteiger partial charge in [-0.3, -0.25) is 14.4 Å². The molecule has 0 aromatic heterocycles. The van der Waals surface area contributed by atoms with Crippen LogP contribution in [-0.4, -0.2) is 67.9 Å². The molecule has 0 radical (unpaired) electrons. The fraction of sp³-hybridized carbons (Fsp3) is 0.423. The van der Waals surface area contributed by atoms with Gasteiger partial charge in [0.2, 0.25) is 11.8 Å². The molecule has 2 aromatic rings. The van der Waals surface area contributed by atoms with Gasteiger partial charge in [-0.2, -0.15) is 0 Å². The molecule has 8 nitrogen and oxygen atoms in total. The number of piperazine rings is 1. The van der Waals surface area contributed by atoms with E-state index in [1.165, 1.54) is 14.2 Å². The van der Waals surface area contributed by atoms with Gasteiger partial charge in [0.25, 0.3) is 5.91 Å². The normalized spacial score (nSPS) is 14.5. The van der Waals surface area contributed by atoms with Gasteiger partial charge in [-0.1, -0.05) is 44.2 Å². The zero-order valence-electron chi connectivity index (χ0n) is 20.2. The van der Waals surface area contributed by atoms with Gasteiger partial charge in [-0.15, -0.1) is 0 Å². The second-order valence-electron chi connectivity index (χ2n) is 8.73.